The van der Waals surface area contributed by atoms with E-state index in [4.69, 9.17) is 0 Å². The van der Waals surface area contributed by atoms with Crippen molar-refractivity contribution in [1.29, 1.82) is 0 Å². The van der Waals surface area contributed by atoms with Gasteiger partial charge in [0.25, 0.3) is 5.69 Å². The van der Waals surface area contributed by atoms with Crippen molar-refractivity contribution in [2.75, 3.05) is 6.54 Å². The number of benzene rings is 1. The number of nitro benzene ring substituents is 1. The molecular formula is C15H22N2O2. The lowest BCUT2D eigenvalue weighted by Crippen LogP contribution is -2.26. The second kappa shape index (κ2) is 6.66. The normalized spacial score (nSPS) is 23.2. The Bertz CT molecular complexity index is 417. The van der Waals surface area contributed by atoms with E-state index in [1.807, 2.05) is 12.1 Å². The van der Waals surface area contributed by atoms with Crippen LogP contribution in [-0.4, -0.2) is 11.5 Å². The van der Waals surface area contributed by atoms with Crippen molar-refractivity contribution in [3.05, 3.63) is 39.9 Å². The SMILES string of the molecule is CC1CCCC(CNCc2ccc([N+](=O)[O-])cc2)C1. The first-order chi connectivity index (χ1) is 9.15. The number of nitrogens with zero attached hydrogens (tertiary/aromatic N) is 1. The first-order valence-electron chi connectivity index (χ1n) is 7.09. The summed E-state index contributed by atoms with van der Waals surface area (Å²) in [4.78, 5) is 10.2. The molecule has 0 aliphatic heterocycles. The lowest BCUT2D eigenvalue weighted by Gasteiger charge is -2.26. The van der Waals surface area contributed by atoms with Gasteiger partial charge < -0.3 is 5.32 Å². The fourth-order valence-electron chi connectivity index (χ4n) is 2.90. The molecule has 0 aromatic heterocycles. The van der Waals surface area contributed by atoms with Crippen molar-refractivity contribution >= 4 is 5.69 Å². The molecule has 1 aliphatic carbocycles. The lowest BCUT2D eigenvalue weighted by molar-refractivity contribution is -0.384. The van der Waals surface area contributed by atoms with E-state index in [1.165, 1.54) is 25.7 Å². The Labute approximate surface area is 114 Å². The quantitative estimate of drug-likeness (QED) is 0.652. The van der Waals surface area contributed by atoms with Crippen LogP contribution in [0.3, 0.4) is 0 Å². The van der Waals surface area contributed by atoms with Crippen molar-refractivity contribution in [2.24, 2.45) is 11.8 Å². The van der Waals surface area contributed by atoms with E-state index in [1.54, 1.807) is 12.1 Å². The van der Waals surface area contributed by atoms with Gasteiger partial charge in [0.2, 0.25) is 0 Å². The van der Waals surface area contributed by atoms with Gasteiger partial charge in [-0.1, -0.05) is 31.9 Å². The molecule has 4 heteroatoms. The average Bonchev–Trinajstić information content (AvgIpc) is 2.39. The Morgan fingerprint density at radius 3 is 2.68 bits per heavy atom. The second-order valence-electron chi connectivity index (χ2n) is 5.69. The molecule has 0 bridgehead atoms. The Morgan fingerprint density at radius 2 is 2.05 bits per heavy atom. The summed E-state index contributed by atoms with van der Waals surface area (Å²) in [5.74, 6) is 1.65. The van der Waals surface area contributed by atoms with Crippen molar-refractivity contribution in [3.8, 4) is 0 Å². The maximum absolute atomic E-state index is 10.6. The number of nitro groups is 1. The second-order valence-corrected chi connectivity index (χ2v) is 5.69. The van der Waals surface area contributed by atoms with Crippen LogP contribution in [0.2, 0.25) is 0 Å². The third kappa shape index (κ3) is 4.31. The molecule has 2 unspecified atom stereocenters. The number of non-ortho nitro benzene ring substituents is 1. The monoisotopic (exact) mass is 262 g/mol. The van der Waals surface area contributed by atoms with Gasteiger partial charge in [-0.2, -0.15) is 0 Å². The molecular weight excluding hydrogens is 240 g/mol. The average molecular weight is 262 g/mol. The number of rotatable bonds is 5. The van der Waals surface area contributed by atoms with Crippen LogP contribution < -0.4 is 5.32 Å². The maximum Gasteiger partial charge on any atom is 0.269 e. The Kier molecular flexibility index (Phi) is 4.91. The van der Waals surface area contributed by atoms with Crippen LogP contribution in [0, 0.1) is 22.0 Å². The molecule has 2 atom stereocenters. The molecule has 1 aromatic rings. The third-order valence-electron chi connectivity index (χ3n) is 3.95. The zero-order chi connectivity index (χ0) is 13.7. The number of hydrogen-bond acceptors (Lipinski definition) is 3. The minimum Gasteiger partial charge on any atom is -0.312 e. The molecule has 19 heavy (non-hydrogen) atoms. The minimum absolute atomic E-state index is 0.157. The molecule has 0 spiro atoms. The molecule has 0 radical (unpaired) electrons. The smallest absolute Gasteiger partial charge is 0.269 e. The highest BCUT2D eigenvalue weighted by Gasteiger charge is 2.18. The van der Waals surface area contributed by atoms with Gasteiger partial charge in [0.15, 0.2) is 0 Å². The summed E-state index contributed by atoms with van der Waals surface area (Å²) in [7, 11) is 0. The van der Waals surface area contributed by atoms with E-state index in [9.17, 15) is 10.1 Å². The van der Waals surface area contributed by atoms with E-state index < -0.39 is 0 Å². The van der Waals surface area contributed by atoms with Gasteiger partial charge >= 0.3 is 0 Å². The fraction of sp³-hybridized carbons (Fsp3) is 0.600. The van der Waals surface area contributed by atoms with Crippen LogP contribution in [-0.2, 0) is 6.54 Å². The maximum atomic E-state index is 10.6. The van der Waals surface area contributed by atoms with E-state index in [2.05, 4.69) is 12.2 Å². The van der Waals surface area contributed by atoms with Crippen LogP contribution in [0.25, 0.3) is 0 Å². The molecule has 1 aromatic carbocycles. The van der Waals surface area contributed by atoms with Crippen molar-refractivity contribution < 1.29 is 4.92 Å². The molecule has 104 valence electrons. The molecule has 1 saturated carbocycles. The van der Waals surface area contributed by atoms with Gasteiger partial charge in [-0.3, -0.25) is 10.1 Å². The summed E-state index contributed by atoms with van der Waals surface area (Å²) < 4.78 is 0. The molecule has 4 nitrogen and oxygen atoms in total. The van der Waals surface area contributed by atoms with Crippen LogP contribution in [0.1, 0.15) is 38.2 Å². The number of hydrogen-bond donors (Lipinski definition) is 1. The highest BCUT2D eigenvalue weighted by Crippen LogP contribution is 2.27. The molecule has 1 fully saturated rings. The Hall–Kier alpha value is -1.42. The van der Waals surface area contributed by atoms with Gasteiger partial charge in [0.1, 0.15) is 0 Å². The molecule has 0 amide bonds. The van der Waals surface area contributed by atoms with Crippen LogP contribution in [0.15, 0.2) is 24.3 Å². The molecule has 1 N–H and O–H groups in total. The fourth-order valence-corrected chi connectivity index (χ4v) is 2.90. The Balaban J connectivity index is 1.74. The molecule has 1 aliphatic rings. The lowest BCUT2D eigenvalue weighted by atomic mass is 9.82. The van der Waals surface area contributed by atoms with Gasteiger partial charge in [-0.25, -0.2) is 0 Å². The van der Waals surface area contributed by atoms with E-state index >= 15 is 0 Å². The standard InChI is InChI=1S/C15H22N2O2/c1-12-3-2-4-14(9-12)11-16-10-13-5-7-15(8-6-13)17(18)19/h5-8,12,14,16H,2-4,9-11H2,1H3. The summed E-state index contributed by atoms with van der Waals surface area (Å²) in [6.07, 6.45) is 5.38. The van der Waals surface area contributed by atoms with E-state index in [0.717, 1.165) is 30.5 Å². The van der Waals surface area contributed by atoms with Gasteiger partial charge in [0.05, 0.1) is 4.92 Å². The summed E-state index contributed by atoms with van der Waals surface area (Å²) in [6.45, 7) is 4.19. The predicted octanol–water partition coefficient (Wildman–Crippen LogP) is 3.51. The van der Waals surface area contributed by atoms with Gasteiger partial charge in [-0.05, 0) is 36.8 Å². The predicted molar refractivity (Wildman–Crippen MR) is 75.9 cm³/mol. The van der Waals surface area contributed by atoms with Crippen LogP contribution in [0.5, 0.6) is 0 Å². The highest BCUT2D eigenvalue weighted by atomic mass is 16.6. The molecule has 0 heterocycles. The van der Waals surface area contributed by atoms with Crippen molar-refractivity contribution in [3.63, 3.8) is 0 Å². The topological polar surface area (TPSA) is 55.2 Å². The molecule has 0 saturated heterocycles. The van der Waals surface area contributed by atoms with E-state index in [-0.39, 0.29) is 10.6 Å². The summed E-state index contributed by atoms with van der Waals surface area (Å²) in [5.41, 5.74) is 1.26. The number of nitrogens with one attached hydrogen (secondary N) is 1. The zero-order valence-corrected chi connectivity index (χ0v) is 11.5. The van der Waals surface area contributed by atoms with Crippen molar-refractivity contribution in [1.82, 2.24) is 5.32 Å². The first-order valence-corrected chi connectivity index (χ1v) is 7.09. The van der Waals surface area contributed by atoms with Crippen LogP contribution in [0.4, 0.5) is 5.69 Å². The van der Waals surface area contributed by atoms with Gasteiger partial charge in [0, 0.05) is 18.7 Å². The van der Waals surface area contributed by atoms with E-state index in [0.29, 0.717) is 0 Å². The summed E-state index contributed by atoms with van der Waals surface area (Å²) >= 11 is 0. The summed E-state index contributed by atoms with van der Waals surface area (Å²) in [5, 5.41) is 14.0. The molecule has 2 rings (SSSR count). The Morgan fingerprint density at radius 1 is 1.32 bits per heavy atom. The third-order valence-corrected chi connectivity index (χ3v) is 3.95. The van der Waals surface area contributed by atoms with Crippen molar-refractivity contribution in [2.45, 2.75) is 39.2 Å². The highest BCUT2D eigenvalue weighted by molar-refractivity contribution is 5.32. The first kappa shape index (κ1) is 14.0. The van der Waals surface area contributed by atoms with Gasteiger partial charge in [-0.15, -0.1) is 0 Å². The largest absolute Gasteiger partial charge is 0.312 e. The minimum atomic E-state index is -0.360. The summed E-state index contributed by atoms with van der Waals surface area (Å²) in [6, 6.07) is 6.79. The zero-order valence-electron chi connectivity index (χ0n) is 11.5. The van der Waals surface area contributed by atoms with Crippen LogP contribution >= 0.6 is 0 Å².